The Kier molecular flexibility index (Phi) is 4.06. The molecule has 0 aliphatic carbocycles. The third-order valence-corrected chi connectivity index (χ3v) is 3.47. The van der Waals surface area contributed by atoms with Gasteiger partial charge in [-0.05, 0) is 43.3 Å². The summed E-state index contributed by atoms with van der Waals surface area (Å²) in [6, 6.07) is 11.0. The number of aromatic nitrogens is 3. The molecule has 2 aromatic heterocycles. The van der Waals surface area contributed by atoms with E-state index in [0.29, 0.717) is 23.1 Å². The molecule has 0 fully saturated rings. The van der Waals surface area contributed by atoms with Gasteiger partial charge in [0.2, 0.25) is 0 Å². The molecule has 0 saturated carbocycles. The maximum atomic E-state index is 11.9. The van der Waals surface area contributed by atoms with Crippen molar-refractivity contribution in [3.05, 3.63) is 47.6 Å². The van der Waals surface area contributed by atoms with Gasteiger partial charge in [-0.2, -0.15) is 0 Å². The van der Waals surface area contributed by atoms with E-state index in [1.807, 2.05) is 28.8 Å². The Morgan fingerprint density at radius 2 is 2.05 bits per heavy atom. The van der Waals surface area contributed by atoms with Crippen molar-refractivity contribution in [1.82, 2.24) is 14.5 Å². The first-order valence-electron chi connectivity index (χ1n) is 6.92. The predicted octanol–water partition coefficient (Wildman–Crippen LogP) is 3.31. The van der Waals surface area contributed by atoms with Crippen LogP contribution in [0.2, 0.25) is 5.02 Å². The largest absolute Gasteiger partial charge is 0.465 e. The Hall–Kier alpha value is -2.40. The number of rotatable bonds is 4. The molecule has 6 heteroatoms. The summed E-state index contributed by atoms with van der Waals surface area (Å²) < 4.78 is 6.85. The van der Waals surface area contributed by atoms with Crippen LogP contribution in [0.3, 0.4) is 0 Å². The molecule has 2 heterocycles. The third kappa shape index (κ3) is 2.80. The number of imidazole rings is 1. The van der Waals surface area contributed by atoms with Crippen LogP contribution in [0, 0.1) is 0 Å². The molecule has 0 amide bonds. The number of halogens is 1. The van der Waals surface area contributed by atoms with Crippen LogP contribution >= 0.6 is 11.6 Å². The van der Waals surface area contributed by atoms with Crippen molar-refractivity contribution in [3.63, 3.8) is 0 Å². The second-order valence-corrected chi connectivity index (χ2v) is 5.12. The Bertz CT molecular complexity index is 812. The minimum Gasteiger partial charge on any atom is -0.465 e. The standard InChI is InChI=1S/C16H14ClN3O2/c1-2-22-14(21)10-20-13-4-3-9-18-15(13)19-16(20)11-5-7-12(17)8-6-11/h3-9H,2,10H2,1H3. The topological polar surface area (TPSA) is 57.0 Å². The average molecular weight is 316 g/mol. The minimum atomic E-state index is -0.305. The average Bonchev–Trinajstić information content (AvgIpc) is 2.87. The van der Waals surface area contributed by atoms with Crippen LogP contribution in [0.1, 0.15) is 6.92 Å². The fraction of sp³-hybridized carbons (Fsp3) is 0.188. The van der Waals surface area contributed by atoms with Gasteiger partial charge in [0.25, 0.3) is 0 Å². The van der Waals surface area contributed by atoms with Gasteiger partial charge in [-0.1, -0.05) is 11.6 Å². The van der Waals surface area contributed by atoms with E-state index in [0.717, 1.165) is 11.1 Å². The summed E-state index contributed by atoms with van der Waals surface area (Å²) in [7, 11) is 0. The van der Waals surface area contributed by atoms with Crippen LogP contribution in [-0.2, 0) is 16.1 Å². The normalized spacial score (nSPS) is 10.8. The lowest BCUT2D eigenvalue weighted by atomic mass is 10.2. The molecule has 0 aliphatic rings. The molecule has 0 N–H and O–H groups in total. The third-order valence-electron chi connectivity index (χ3n) is 3.22. The highest BCUT2D eigenvalue weighted by molar-refractivity contribution is 6.30. The fourth-order valence-electron chi connectivity index (χ4n) is 2.28. The molecule has 0 aliphatic heterocycles. The van der Waals surface area contributed by atoms with Crippen molar-refractivity contribution >= 4 is 28.7 Å². The van der Waals surface area contributed by atoms with E-state index in [9.17, 15) is 4.79 Å². The van der Waals surface area contributed by atoms with Crippen molar-refractivity contribution in [3.8, 4) is 11.4 Å². The van der Waals surface area contributed by atoms with Gasteiger partial charge in [0.1, 0.15) is 12.4 Å². The first-order valence-corrected chi connectivity index (χ1v) is 7.29. The molecule has 22 heavy (non-hydrogen) atoms. The number of hydrogen-bond donors (Lipinski definition) is 0. The predicted molar refractivity (Wildman–Crippen MR) is 84.6 cm³/mol. The second kappa shape index (κ2) is 6.15. The minimum absolute atomic E-state index is 0.0913. The number of hydrogen-bond acceptors (Lipinski definition) is 4. The van der Waals surface area contributed by atoms with Crippen molar-refractivity contribution in [2.75, 3.05) is 6.61 Å². The molecular formula is C16H14ClN3O2. The van der Waals surface area contributed by atoms with E-state index in [1.54, 1.807) is 25.3 Å². The molecule has 3 rings (SSSR count). The van der Waals surface area contributed by atoms with Crippen molar-refractivity contribution < 1.29 is 9.53 Å². The zero-order valence-corrected chi connectivity index (χ0v) is 12.7. The van der Waals surface area contributed by atoms with Crippen molar-refractivity contribution in [1.29, 1.82) is 0 Å². The molecule has 0 spiro atoms. The molecule has 0 bridgehead atoms. The Morgan fingerprint density at radius 1 is 1.27 bits per heavy atom. The highest BCUT2D eigenvalue weighted by Crippen LogP contribution is 2.25. The second-order valence-electron chi connectivity index (χ2n) is 4.68. The number of benzene rings is 1. The lowest BCUT2D eigenvalue weighted by molar-refractivity contribution is -0.143. The van der Waals surface area contributed by atoms with Crippen LogP contribution in [0.15, 0.2) is 42.6 Å². The van der Waals surface area contributed by atoms with E-state index in [-0.39, 0.29) is 12.5 Å². The first-order chi connectivity index (χ1) is 10.7. The molecule has 0 radical (unpaired) electrons. The number of carbonyl (C=O) groups excluding carboxylic acids is 1. The zero-order chi connectivity index (χ0) is 15.5. The van der Waals surface area contributed by atoms with Crippen LogP contribution < -0.4 is 0 Å². The summed E-state index contributed by atoms with van der Waals surface area (Å²) in [4.78, 5) is 20.7. The lowest BCUT2D eigenvalue weighted by Gasteiger charge is -2.08. The summed E-state index contributed by atoms with van der Waals surface area (Å²) in [5, 5.41) is 0.648. The summed E-state index contributed by atoms with van der Waals surface area (Å²) in [6.07, 6.45) is 1.68. The molecule has 1 aromatic carbocycles. The number of nitrogens with zero attached hydrogens (tertiary/aromatic N) is 3. The van der Waals surface area contributed by atoms with Crippen molar-refractivity contribution in [2.45, 2.75) is 13.5 Å². The van der Waals surface area contributed by atoms with E-state index >= 15 is 0 Å². The number of ether oxygens (including phenoxy) is 1. The molecular weight excluding hydrogens is 302 g/mol. The highest BCUT2D eigenvalue weighted by Gasteiger charge is 2.16. The molecule has 0 unspecified atom stereocenters. The molecule has 112 valence electrons. The van der Waals surface area contributed by atoms with E-state index in [4.69, 9.17) is 16.3 Å². The van der Waals surface area contributed by atoms with Crippen molar-refractivity contribution in [2.24, 2.45) is 0 Å². The summed E-state index contributed by atoms with van der Waals surface area (Å²) in [5.41, 5.74) is 2.25. The molecule has 5 nitrogen and oxygen atoms in total. The smallest absolute Gasteiger partial charge is 0.326 e. The van der Waals surface area contributed by atoms with Crippen LogP contribution in [-0.4, -0.2) is 27.1 Å². The monoisotopic (exact) mass is 315 g/mol. The zero-order valence-electron chi connectivity index (χ0n) is 12.0. The Labute approximate surface area is 132 Å². The number of pyridine rings is 1. The maximum absolute atomic E-state index is 11.9. The van der Waals surface area contributed by atoms with Crippen LogP contribution in [0.5, 0.6) is 0 Å². The van der Waals surface area contributed by atoms with Gasteiger partial charge in [0.05, 0.1) is 12.1 Å². The summed E-state index contributed by atoms with van der Waals surface area (Å²) >= 11 is 5.93. The quantitative estimate of drug-likeness (QED) is 0.693. The van der Waals surface area contributed by atoms with Gasteiger partial charge in [0.15, 0.2) is 5.65 Å². The first kappa shape index (κ1) is 14.5. The molecule has 0 atom stereocenters. The molecule has 0 saturated heterocycles. The van der Waals surface area contributed by atoms with Gasteiger partial charge < -0.3 is 9.30 Å². The van der Waals surface area contributed by atoms with Gasteiger partial charge in [-0.15, -0.1) is 0 Å². The van der Waals surface area contributed by atoms with Gasteiger partial charge in [-0.25, -0.2) is 9.97 Å². The summed E-state index contributed by atoms with van der Waals surface area (Å²) in [5.74, 6) is 0.360. The highest BCUT2D eigenvalue weighted by atomic mass is 35.5. The van der Waals surface area contributed by atoms with Gasteiger partial charge in [-0.3, -0.25) is 4.79 Å². The van der Waals surface area contributed by atoms with E-state index in [1.165, 1.54) is 0 Å². The lowest BCUT2D eigenvalue weighted by Crippen LogP contribution is -2.14. The van der Waals surface area contributed by atoms with E-state index < -0.39 is 0 Å². The van der Waals surface area contributed by atoms with Crippen LogP contribution in [0.25, 0.3) is 22.6 Å². The summed E-state index contributed by atoms with van der Waals surface area (Å²) in [6.45, 7) is 2.22. The Morgan fingerprint density at radius 3 is 2.77 bits per heavy atom. The van der Waals surface area contributed by atoms with E-state index in [2.05, 4.69) is 9.97 Å². The Balaban J connectivity index is 2.11. The fourth-order valence-corrected chi connectivity index (χ4v) is 2.40. The SMILES string of the molecule is CCOC(=O)Cn1c(-c2ccc(Cl)cc2)nc2ncccc21. The van der Waals surface area contributed by atoms with Gasteiger partial charge in [0, 0.05) is 16.8 Å². The number of carbonyl (C=O) groups is 1. The number of esters is 1. The molecule has 3 aromatic rings. The van der Waals surface area contributed by atoms with Gasteiger partial charge >= 0.3 is 5.97 Å². The number of fused-ring (bicyclic) bond motifs is 1. The van der Waals surface area contributed by atoms with Crippen LogP contribution in [0.4, 0.5) is 0 Å². The maximum Gasteiger partial charge on any atom is 0.326 e.